The fourth-order valence-electron chi connectivity index (χ4n) is 3.46. The van der Waals surface area contributed by atoms with Gasteiger partial charge < -0.3 is 14.6 Å². The molecule has 1 aromatic carbocycles. The second-order valence-corrected chi connectivity index (χ2v) is 6.30. The third-order valence-electron chi connectivity index (χ3n) is 4.53. The number of hydrogen-bond donors (Lipinski definition) is 1. The van der Waals surface area contributed by atoms with Crippen LogP contribution in [0.4, 0.5) is 0 Å². The Morgan fingerprint density at radius 2 is 2.17 bits per heavy atom. The molecule has 0 spiro atoms. The van der Waals surface area contributed by atoms with Gasteiger partial charge in [0.2, 0.25) is 0 Å². The predicted octanol–water partition coefficient (Wildman–Crippen LogP) is 2.60. The molecule has 1 N–H and O–H groups in total. The normalized spacial score (nSPS) is 18.7. The Morgan fingerprint density at radius 3 is 2.96 bits per heavy atom. The number of aromatic nitrogens is 3. The third kappa shape index (κ3) is 2.68. The topological polar surface area (TPSA) is 54.2 Å². The maximum absolute atomic E-state index is 9.70. The fraction of sp³-hybridized carbons (Fsp3) is 0.333. The van der Waals surface area contributed by atoms with E-state index in [0.29, 0.717) is 18.2 Å². The molecule has 4 rings (SSSR count). The van der Waals surface area contributed by atoms with Crippen LogP contribution in [0.2, 0.25) is 0 Å². The summed E-state index contributed by atoms with van der Waals surface area (Å²) in [6, 6.07) is 11.8. The van der Waals surface area contributed by atoms with Gasteiger partial charge in [0, 0.05) is 19.2 Å². The van der Waals surface area contributed by atoms with Crippen LogP contribution in [-0.4, -0.2) is 44.7 Å². The summed E-state index contributed by atoms with van der Waals surface area (Å²) in [5, 5.41) is 9.70. The molecule has 1 atom stereocenters. The van der Waals surface area contributed by atoms with Crippen LogP contribution in [0.15, 0.2) is 42.6 Å². The standard InChI is InChI=1S/C18H20N4O/c1-21-9-7-14(12-21)22-17(11-13-4-2-5-15(23)10-13)20-16-6-3-8-19-18(16)22/h2-6,8,10,14,23H,7,9,11-12H2,1H3. The van der Waals surface area contributed by atoms with Gasteiger partial charge in [-0.05, 0) is 49.8 Å². The first-order chi connectivity index (χ1) is 11.2. The molecule has 1 fully saturated rings. The zero-order valence-corrected chi connectivity index (χ0v) is 13.2. The van der Waals surface area contributed by atoms with E-state index in [9.17, 15) is 5.11 Å². The highest BCUT2D eigenvalue weighted by atomic mass is 16.3. The van der Waals surface area contributed by atoms with Gasteiger partial charge in [-0.25, -0.2) is 9.97 Å². The molecule has 5 heteroatoms. The number of fused-ring (bicyclic) bond motifs is 1. The summed E-state index contributed by atoms with van der Waals surface area (Å²) in [4.78, 5) is 11.7. The molecule has 3 aromatic rings. The van der Waals surface area contributed by atoms with E-state index < -0.39 is 0 Å². The lowest BCUT2D eigenvalue weighted by atomic mass is 10.1. The van der Waals surface area contributed by atoms with Gasteiger partial charge in [-0.3, -0.25) is 0 Å². The minimum atomic E-state index is 0.295. The molecular weight excluding hydrogens is 288 g/mol. The highest BCUT2D eigenvalue weighted by Gasteiger charge is 2.25. The van der Waals surface area contributed by atoms with E-state index in [-0.39, 0.29) is 0 Å². The van der Waals surface area contributed by atoms with Gasteiger partial charge in [0.05, 0.1) is 6.04 Å². The van der Waals surface area contributed by atoms with E-state index in [2.05, 4.69) is 21.5 Å². The minimum absolute atomic E-state index is 0.295. The van der Waals surface area contributed by atoms with Gasteiger partial charge in [0.25, 0.3) is 0 Å². The Balaban J connectivity index is 1.79. The first-order valence-corrected chi connectivity index (χ1v) is 7.99. The quantitative estimate of drug-likeness (QED) is 0.808. The fourth-order valence-corrected chi connectivity index (χ4v) is 3.46. The molecule has 5 nitrogen and oxygen atoms in total. The molecule has 0 bridgehead atoms. The van der Waals surface area contributed by atoms with Gasteiger partial charge in [-0.1, -0.05) is 12.1 Å². The van der Waals surface area contributed by atoms with Crippen LogP contribution in [0.1, 0.15) is 23.9 Å². The van der Waals surface area contributed by atoms with Crippen LogP contribution < -0.4 is 0 Å². The van der Waals surface area contributed by atoms with E-state index in [1.807, 2.05) is 30.5 Å². The van der Waals surface area contributed by atoms with Crippen LogP contribution in [0.25, 0.3) is 11.2 Å². The molecule has 1 aliphatic heterocycles. The number of hydrogen-bond acceptors (Lipinski definition) is 4. The van der Waals surface area contributed by atoms with Crippen molar-refractivity contribution >= 4 is 11.2 Å². The van der Waals surface area contributed by atoms with E-state index in [0.717, 1.165) is 42.1 Å². The van der Waals surface area contributed by atoms with Gasteiger partial charge in [0.15, 0.2) is 5.65 Å². The van der Waals surface area contributed by atoms with Crippen LogP contribution in [0, 0.1) is 0 Å². The van der Waals surface area contributed by atoms with Crippen LogP contribution in [0.5, 0.6) is 5.75 Å². The van der Waals surface area contributed by atoms with Crippen molar-refractivity contribution in [2.75, 3.05) is 20.1 Å². The van der Waals surface area contributed by atoms with Gasteiger partial charge >= 0.3 is 0 Å². The number of imidazole rings is 1. The Morgan fingerprint density at radius 1 is 1.26 bits per heavy atom. The van der Waals surface area contributed by atoms with Crippen molar-refractivity contribution in [3.05, 3.63) is 54.0 Å². The molecular formula is C18H20N4O. The van der Waals surface area contributed by atoms with E-state index in [1.165, 1.54) is 0 Å². The van der Waals surface area contributed by atoms with Crippen LogP contribution >= 0.6 is 0 Å². The first kappa shape index (κ1) is 14.2. The number of benzene rings is 1. The Hall–Kier alpha value is -2.40. The monoisotopic (exact) mass is 308 g/mol. The van der Waals surface area contributed by atoms with Crippen molar-refractivity contribution in [2.45, 2.75) is 18.9 Å². The Kier molecular flexibility index (Phi) is 3.50. The molecule has 0 aliphatic carbocycles. The number of likely N-dealkylation sites (tertiary alicyclic amines) is 1. The van der Waals surface area contributed by atoms with Crippen LogP contribution in [0.3, 0.4) is 0 Å². The number of nitrogens with zero attached hydrogens (tertiary/aromatic N) is 4. The van der Waals surface area contributed by atoms with Gasteiger partial charge in [-0.2, -0.15) is 0 Å². The first-order valence-electron chi connectivity index (χ1n) is 7.99. The second kappa shape index (κ2) is 5.66. The summed E-state index contributed by atoms with van der Waals surface area (Å²) < 4.78 is 2.29. The highest BCUT2D eigenvalue weighted by molar-refractivity contribution is 5.71. The molecule has 1 aliphatic rings. The molecule has 1 unspecified atom stereocenters. The summed E-state index contributed by atoms with van der Waals surface area (Å²) in [7, 11) is 2.15. The molecule has 0 saturated carbocycles. The average molecular weight is 308 g/mol. The van der Waals surface area contributed by atoms with E-state index >= 15 is 0 Å². The zero-order chi connectivity index (χ0) is 15.8. The minimum Gasteiger partial charge on any atom is -0.508 e. The summed E-state index contributed by atoms with van der Waals surface area (Å²) in [5.41, 5.74) is 2.97. The molecule has 3 heterocycles. The summed E-state index contributed by atoms with van der Waals surface area (Å²) in [6.45, 7) is 2.12. The molecule has 2 aromatic heterocycles. The molecule has 23 heavy (non-hydrogen) atoms. The largest absolute Gasteiger partial charge is 0.508 e. The number of pyridine rings is 1. The van der Waals surface area contributed by atoms with Crippen molar-refractivity contribution in [2.24, 2.45) is 0 Å². The molecule has 0 amide bonds. The SMILES string of the molecule is CN1CCC(n2c(Cc3cccc(O)c3)nc3cccnc32)C1. The lowest BCUT2D eigenvalue weighted by Crippen LogP contribution is -2.18. The van der Waals surface area contributed by atoms with Gasteiger partial charge in [-0.15, -0.1) is 0 Å². The number of rotatable bonds is 3. The van der Waals surface area contributed by atoms with E-state index in [1.54, 1.807) is 12.1 Å². The summed E-state index contributed by atoms with van der Waals surface area (Å²) in [6.07, 6.45) is 3.65. The summed E-state index contributed by atoms with van der Waals surface area (Å²) >= 11 is 0. The predicted molar refractivity (Wildman–Crippen MR) is 89.6 cm³/mol. The Labute approximate surface area is 135 Å². The van der Waals surface area contributed by atoms with Crippen molar-refractivity contribution in [1.29, 1.82) is 0 Å². The van der Waals surface area contributed by atoms with Crippen molar-refractivity contribution in [1.82, 2.24) is 19.4 Å². The number of phenols is 1. The molecule has 1 saturated heterocycles. The van der Waals surface area contributed by atoms with Crippen molar-refractivity contribution < 1.29 is 5.11 Å². The summed E-state index contributed by atoms with van der Waals surface area (Å²) in [5.74, 6) is 1.31. The van der Waals surface area contributed by atoms with Crippen molar-refractivity contribution in [3.8, 4) is 5.75 Å². The lowest BCUT2D eigenvalue weighted by Gasteiger charge is -2.16. The average Bonchev–Trinajstić information content (AvgIpc) is 3.10. The van der Waals surface area contributed by atoms with Crippen molar-refractivity contribution in [3.63, 3.8) is 0 Å². The smallest absolute Gasteiger partial charge is 0.160 e. The maximum Gasteiger partial charge on any atom is 0.160 e. The lowest BCUT2D eigenvalue weighted by molar-refractivity contribution is 0.392. The number of phenolic OH excluding ortho intramolecular Hbond substituents is 1. The van der Waals surface area contributed by atoms with Gasteiger partial charge in [0.1, 0.15) is 17.1 Å². The molecule has 118 valence electrons. The maximum atomic E-state index is 9.70. The molecule has 0 radical (unpaired) electrons. The Bertz CT molecular complexity index is 842. The number of aromatic hydroxyl groups is 1. The number of likely N-dealkylation sites (N-methyl/N-ethyl adjacent to an activating group) is 1. The van der Waals surface area contributed by atoms with Crippen LogP contribution in [-0.2, 0) is 6.42 Å². The highest BCUT2D eigenvalue weighted by Crippen LogP contribution is 2.28. The van der Waals surface area contributed by atoms with E-state index in [4.69, 9.17) is 4.98 Å². The second-order valence-electron chi connectivity index (χ2n) is 6.30. The zero-order valence-electron chi connectivity index (χ0n) is 13.2. The third-order valence-corrected chi connectivity index (χ3v) is 4.53.